The van der Waals surface area contributed by atoms with Crippen molar-refractivity contribution < 1.29 is 20.1 Å². The van der Waals surface area contributed by atoms with Crippen molar-refractivity contribution in [1.29, 1.82) is 0 Å². The van der Waals surface area contributed by atoms with Crippen LogP contribution in [0, 0.1) is 6.92 Å². The number of benzene rings is 1. The minimum atomic E-state index is -1.45. The summed E-state index contributed by atoms with van der Waals surface area (Å²) in [5, 5.41) is 29.8. The Kier molecular flexibility index (Phi) is 4.66. The van der Waals surface area contributed by atoms with Gasteiger partial charge in [-0.05, 0) is 19.1 Å². The van der Waals surface area contributed by atoms with E-state index < -0.39 is 31.3 Å². The Morgan fingerprint density at radius 2 is 1.83 bits per heavy atom. The summed E-state index contributed by atoms with van der Waals surface area (Å²) in [6.07, 6.45) is 0. The average molecular weight is 254 g/mol. The first kappa shape index (κ1) is 14.4. The molecule has 1 aromatic rings. The van der Waals surface area contributed by atoms with E-state index in [1.165, 1.54) is 0 Å². The molecule has 0 atom stereocenters. The van der Waals surface area contributed by atoms with Crippen LogP contribution in [0.4, 0.5) is 5.69 Å². The van der Waals surface area contributed by atoms with Crippen molar-refractivity contribution in [3.8, 4) is 0 Å². The van der Waals surface area contributed by atoms with Crippen LogP contribution in [0.25, 0.3) is 0 Å². The van der Waals surface area contributed by atoms with E-state index in [4.69, 9.17) is 21.1 Å². The molecule has 0 aliphatic carbocycles. The molecule has 1 aromatic carbocycles. The number of aryl methyl sites for hydroxylation is 1. The molecule has 0 unspecified atom stereocenters. The number of aliphatic hydroxyl groups is 3. The number of nitrogens with two attached hydrogens (primary N) is 1. The first-order valence-electron chi connectivity index (χ1n) is 5.49. The summed E-state index contributed by atoms with van der Waals surface area (Å²) in [5.41, 5.74) is 5.63. The third-order valence-electron chi connectivity index (χ3n) is 2.74. The van der Waals surface area contributed by atoms with Gasteiger partial charge in [-0.3, -0.25) is 4.79 Å². The Labute approximate surface area is 105 Å². The highest BCUT2D eigenvalue weighted by atomic mass is 16.3. The number of carbonyl (C=O) groups is 1. The van der Waals surface area contributed by atoms with Gasteiger partial charge >= 0.3 is 0 Å². The third kappa shape index (κ3) is 2.98. The lowest BCUT2D eigenvalue weighted by Crippen LogP contribution is -2.57. The number of amides is 1. The second-order valence-corrected chi connectivity index (χ2v) is 4.30. The van der Waals surface area contributed by atoms with Gasteiger partial charge in [0.1, 0.15) is 5.54 Å². The van der Waals surface area contributed by atoms with E-state index >= 15 is 0 Å². The third-order valence-corrected chi connectivity index (χ3v) is 2.74. The zero-order valence-electron chi connectivity index (χ0n) is 10.2. The second-order valence-electron chi connectivity index (χ2n) is 4.30. The molecular formula is C12H18N2O4. The van der Waals surface area contributed by atoms with E-state index in [0.717, 1.165) is 5.56 Å². The van der Waals surface area contributed by atoms with Gasteiger partial charge in [-0.25, -0.2) is 0 Å². The summed E-state index contributed by atoms with van der Waals surface area (Å²) in [4.78, 5) is 12.0. The van der Waals surface area contributed by atoms with E-state index in [-0.39, 0.29) is 5.56 Å². The predicted molar refractivity (Wildman–Crippen MR) is 67.0 cm³/mol. The maximum Gasteiger partial charge on any atom is 0.254 e. The van der Waals surface area contributed by atoms with Crippen LogP contribution in [0.15, 0.2) is 18.2 Å². The number of anilines is 1. The van der Waals surface area contributed by atoms with Crippen LogP contribution >= 0.6 is 0 Å². The number of carbonyl (C=O) groups excluding carboxylic acids is 1. The van der Waals surface area contributed by atoms with Gasteiger partial charge in [-0.15, -0.1) is 0 Å². The van der Waals surface area contributed by atoms with E-state index in [9.17, 15) is 4.79 Å². The SMILES string of the molecule is Cc1ccc(N)c(C(=O)NC(CO)(CO)CO)c1. The van der Waals surface area contributed by atoms with Gasteiger partial charge in [-0.1, -0.05) is 11.6 Å². The maximum absolute atomic E-state index is 12.0. The van der Waals surface area contributed by atoms with Gasteiger partial charge < -0.3 is 26.4 Å². The standard InChI is InChI=1S/C12H18N2O4/c1-8-2-3-10(13)9(4-8)11(18)14-12(5-15,6-16)7-17/h2-4,15-17H,5-7,13H2,1H3,(H,14,18). The molecule has 100 valence electrons. The molecular weight excluding hydrogens is 236 g/mol. The number of hydrogen-bond donors (Lipinski definition) is 5. The Hall–Kier alpha value is -1.63. The van der Waals surface area contributed by atoms with Crippen LogP contribution in [-0.2, 0) is 0 Å². The lowest BCUT2D eigenvalue weighted by atomic mass is 10.0. The minimum Gasteiger partial charge on any atom is -0.398 e. The number of nitrogen functional groups attached to an aromatic ring is 1. The molecule has 18 heavy (non-hydrogen) atoms. The lowest BCUT2D eigenvalue weighted by molar-refractivity contribution is 0.0375. The molecule has 0 aliphatic rings. The summed E-state index contributed by atoms with van der Waals surface area (Å²) in [5.74, 6) is -0.548. The van der Waals surface area contributed by atoms with Crippen molar-refractivity contribution in [2.75, 3.05) is 25.6 Å². The molecule has 0 radical (unpaired) electrons. The molecule has 0 bridgehead atoms. The Bertz CT molecular complexity index is 422. The Morgan fingerprint density at radius 1 is 1.28 bits per heavy atom. The fourth-order valence-electron chi connectivity index (χ4n) is 1.44. The van der Waals surface area contributed by atoms with Gasteiger partial charge in [0, 0.05) is 5.69 Å². The largest absolute Gasteiger partial charge is 0.398 e. The predicted octanol–water partition coefficient (Wildman–Crippen LogP) is -0.977. The van der Waals surface area contributed by atoms with Crippen LogP contribution in [-0.4, -0.2) is 46.6 Å². The molecule has 6 nitrogen and oxygen atoms in total. The van der Waals surface area contributed by atoms with Crippen LogP contribution in [0.5, 0.6) is 0 Å². The molecule has 0 spiro atoms. The van der Waals surface area contributed by atoms with Crippen LogP contribution in [0.3, 0.4) is 0 Å². The number of rotatable bonds is 5. The molecule has 6 N–H and O–H groups in total. The van der Waals surface area contributed by atoms with E-state index in [2.05, 4.69) is 5.32 Å². The molecule has 1 rings (SSSR count). The molecule has 0 heterocycles. The summed E-state index contributed by atoms with van der Waals surface area (Å²) < 4.78 is 0. The molecule has 0 saturated carbocycles. The fraction of sp³-hybridized carbons (Fsp3) is 0.417. The topological polar surface area (TPSA) is 116 Å². The number of nitrogens with one attached hydrogen (secondary N) is 1. The quantitative estimate of drug-likeness (QED) is 0.433. The summed E-state index contributed by atoms with van der Waals surface area (Å²) in [7, 11) is 0. The Balaban J connectivity index is 2.97. The smallest absolute Gasteiger partial charge is 0.254 e. The van der Waals surface area contributed by atoms with E-state index in [1.807, 2.05) is 6.92 Å². The van der Waals surface area contributed by atoms with Gasteiger partial charge in [0.05, 0.1) is 25.4 Å². The van der Waals surface area contributed by atoms with Crippen molar-refractivity contribution in [3.63, 3.8) is 0 Å². The highest BCUT2D eigenvalue weighted by Gasteiger charge is 2.30. The summed E-state index contributed by atoms with van der Waals surface area (Å²) >= 11 is 0. The van der Waals surface area contributed by atoms with E-state index in [1.54, 1.807) is 18.2 Å². The van der Waals surface area contributed by atoms with Crippen molar-refractivity contribution in [3.05, 3.63) is 29.3 Å². The molecule has 6 heteroatoms. The first-order valence-corrected chi connectivity index (χ1v) is 5.49. The van der Waals surface area contributed by atoms with Gasteiger partial charge in [0.15, 0.2) is 0 Å². The lowest BCUT2D eigenvalue weighted by Gasteiger charge is -2.28. The van der Waals surface area contributed by atoms with Crippen LogP contribution < -0.4 is 11.1 Å². The fourth-order valence-corrected chi connectivity index (χ4v) is 1.44. The summed E-state index contributed by atoms with van der Waals surface area (Å²) in [6, 6.07) is 4.97. The van der Waals surface area contributed by atoms with Crippen molar-refractivity contribution in [1.82, 2.24) is 5.32 Å². The number of aliphatic hydroxyl groups excluding tert-OH is 3. The van der Waals surface area contributed by atoms with E-state index in [0.29, 0.717) is 5.69 Å². The molecule has 1 amide bonds. The normalized spacial score (nSPS) is 11.3. The van der Waals surface area contributed by atoms with Gasteiger partial charge in [0.25, 0.3) is 5.91 Å². The van der Waals surface area contributed by atoms with Crippen molar-refractivity contribution in [2.45, 2.75) is 12.5 Å². The zero-order chi connectivity index (χ0) is 13.8. The monoisotopic (exact) mass is 254 g/mol. The van der Waals surface area contributed by atoms with Crippen molar-refractivity contribution >= 4 is 11.6 Å². The molecule has 0 aliphatic heterocycles. The maximum atomic E-state index is 12.0. The van der Waals surface area contributed by atoms with Gasteiger partial charge in [-0.2, -0.15) is 0 Å². The zero-order valence-corrected chi connectivity index (χ0v) is 10.2. The molecule has 0 aromatic heterocycles. The highest BCUT2D eigenvalue weighted by molar-refractivity contribution is 5.99. The Morgan fingerprint density at radius 3 is 2.33 bits per heavy atom. The average Bonchev–Trinajstić information content (AvgIpc) is 2.38. The highest BCUT2D eigenvalue weighted by Crippen LogP contribution is 2.15. The first-order chi connectivity index (χ1) is 8.48. The summed E-state index contributed by atoms with van der Waals surface area (Å²) in [6.45, 7) is 0.0972. The minimum absolute atomic E-state index is 0.245. The molecule has 0 fully saturated rings. The van der Waals surface area contributed by atoms with Gasteiger partial charge in [0.2, 0.25) is 0 Å². The second kappa shape index (κ2) is 5.81. The van der Waals surface area contributed by atoms with Crippen LogP contribution in [0.1, 0.15) is 15.9 Å². The van der Waals surface area contributed by atoms with Crippen LogP contribution in [0.2, 0.25) is 0 Å². The molecule has 0 saturated heterocycles. The number of hydrogen-bond acceptors (Lipinski definition) is 5. The van der Waals surface area contributed by atoms with Crippen molar-refractivity contribution in [2.24, 2.45) is 0 Å².